The summed E-state index contributed by atoms with van der Waals surface area (Å²) in [5.41, 5.74) is 0.186. The van der Waals surface area contributed by atoms with Crippen molar-refractivity contribution in [2.75, 3.05) is 12.4 Å². The normalized spacial score (nSPS) is 21.2. The zero-order valence-corrected chi connectivity index (χ0v) is 13.7. The van der Waals surface area contributed by atoms with Crippen molar-refractivity contribution in [1.29, 1.82) is 0 Å². The number of hydrogen-bond acceptors (Lipinski definition) is 3. The Hall–Kier alpha value is -1.14. The Kier molecular flexibility index (Phi) is 5.58. The molecule has 114 valence electrons. The summed E-state index contributed by atoms with van der Waals surface area (Å²) < 4.78 is 0.515. The Morgan fingerprint density at radius 1 is 1.38 bits per heavy atom. The number of hydrogen-bond donors (Lipinski definition) is 1. The van der Waals surface area contributed by atoms with Crippen molar-refractivity contribution in [1.82, 2.24) is 5.32 Å². The van der Waals surface area contributed by atoms with E-state index in [2.05, 4.69) is 21.2 Å². The molecule has 0 heterocycles. The minimum Gasteiger partial charge on any atom is -0.352 e. The number of nitro benzene ring substituents is 1. The maximum absolute atomic E-state index is 12.1. The van der Waals surface area contributed by atoms with Crippen molar-refractivity contribution in [3.05, 3.63) is 38.3 Å². The molecule has 7 heteroatoms. The monoisotopic (exact) mass is 374 g/mol. The number of halogens is 2. The quantitative estimate of drug-likeness (QED) is 0.484. The van der Waals surface area contributed by atoms with E-state index in [-0.39, 0.29) is 17.2 Å². The van der Waals surface area contributed by atoms with E-state index in [1.165, 1.54) is 12.1 Å². The van der Waals surface area contributed by atoms with Crippen LogP contribution in [0.5, 0.6) is 0 Å². The highest BCUT2D eigenvalue weighted by Gasteiger charge is 2.26. The van der Waals surface area contributed by atoms with E-state index in [1.807, 2.05) is 0 Å². The summed E-state index contributed by atoms with van der Waals surface area (Å²) in [5.74, 6) is 1.17. The number of alkyl halides is 1. The van der Waals surface area contributed by atoms with Gasteiger partial charge in [-0.25, -0.2) is 0 Å². The Bertz CT molecular complexity index is 553. The first-order valence-corrected chi connectivity index (χ1v) is 8.13. The van der Waals surface area contributed by atoms with Crippen LogP contribution in [0.4, 0.5) is 5.69 Å². The molecular weight excluding hydrogens is 360 g/mol. The summed E-state index contributed by atoms with van der Waals surface area (Å²) in [5, 5.41) is 13.7. The molecule has 0 spiro atoms. The number of amides is 1. The van der Waals surface area contributed by atoms with E-state index < -0.39 is 4.92 Å². The van der Waals surface area contributed by atoms with Crippen molar-refractivity contribution in [3.63, 3.8) is 0 Å². The third-order valence-corrected chi connectivity index (χ3v) is 4.75. The molecule has 0 bridgehead atoms. The van der Waals surface area contributed by atoms with Crippen LogP contribution in [0.3, 0.4) is 0 Å². The van der Waals surface area contributed by atoms with Crippen LogP contribution in [-0.2, 0) is 0 Å². The van der Waals surface area contributed by atoms with E-state index in [9.17, 15) is 14.9 Å². The van der Waals surface area contributed by atoms with Gasteiger partial charge in [-0.2, -0.15) is 0 Å². The molecular formula is C14H16BrClN2O3. The van der Waals surface area contributed by atoms with Gasteiger partial charge in [0.2, 0.25) is 0 Å². The minimum absolute atomic E-state index is 0.103. The summed E-state index contributed by atoms with van der Waals surface area (Å²) in [6.45, 7) is 0.566. The van der Waals surface area contributed by atoms with Gasteiger partial charge in [-0.15, -0.1) is 11.6 Å². The van der Waals surface area contributed by atoms with Crippen LogP contribution in [-0.4, -0.2) is 23.3 Å². The Morgan fingerprint density at radius 2 is 2.10 bits per heavy atom. The van der Waals surface area contributed by atoms with Gasteiger partial charge in [0.25, 0.3) is 11.6 Å². The smallest absolute Gasteiger partial charge is 0.271 e. The fourth-order valence-electron chi connectivity index (χ4n) is 2.72. The number of carbonyl (C=O) groups is 1. The van der Waals surface area contributed by atoms with Crippen molar-refractivity contribution < 1.29 is 9.72 Å². The lowest BCUT2D eigenvalue weighted by molar-refractivity contribution is -0.385. The first kappa shape index (κ1) is 16.2. The predicted molar refractivity (Wildman–Crippen MR) is 84.7 cm³/mol. The summed E-state index contributed by atoms with van der Waals surface area (Å²) in [6.07, 6.45) is 3.31. The summed E-state index contributed by atoms with van der Waals surface area (Å²) >= 11 is 9.10. The largest absolute Gasteiger partial charge is 0.352 e. The second-order valence-corrected chi connectivity index (χ2v) is 6.49. The van der Waals surface area contributed by atoms with Crippen LogP contribution >= 0.6 is 27.5 Å². The van der Waals surface area contributed by atoms with Crippen LogP contribution in [0.25, 0.3) is 0 Å². The molecule has 1 aromatic rings. The molecule has 2 rings (SSSR count). The Balaban J connectivity index is 2.02. The van der Waals surface area contributed by atoms with Crippen molar-refractivity contribution in [2.45, 2.75) is 19.3 Å². The molecule has 0 aromatic heterocycles. The molecule has 2 unspecified atom stereocenters. The second-order valence-electron chi connectivity index (χ2n) is 5.27. The van der Waals surface area contributed by atoms with Gasteiger partial charge in [0.1, 0.15) is 0 Å². The number of benzene rings is 1. The van der Waals surface area contributed by atoms with E-state index in [4.69, 9.17) is 11.6 Å². The minimum atomic E-state index is -0.512. The standard InChI is InChI=1S/C14H16BrClN2O3/c15-12-4-11(5-13(6-12)18(20)21)14(19)17-8-10-3-1-2-9(10)7-16/h4-6,9-10H,1-3,7-8H2,(H,17,19). The number of nitrogens with zero attached hydrogens (tertiary/aromatic N) is 1. The molecule has 1 N–H and O–H groups in total. The van der Waals surface area contributed by atoms with E-state index in [0.29, 0.717) is 28.7 Å². The number of rotatable bonds is 5. The van der Waals surface area contributed by atoms with E-state index >= 15 is 0 Å². The Labute approximate surface area is 136 Å². The summed E-state index contributed by atoms with van der Waals surface area (Å²) in [7, 11) is 0. The van der Waals surface area contributed by atoms with Crippen molar-refractivity contribution >= 4 is 39.1 Å². The lowest BCUT2D eigenvalue weighted by Gasteiger charge is -2.17. The van der Waals surface area contributed by atoms with E-state index in [0.717, 1.165) is 19.3 Å². The molecule has 1 aliphatic carbocycles. The Morgan fingerprint density at radius 3 is 2.76 bits per heavy atom. The third kappa shape index (κ3) is 4.17. The van der Waals surface area contributed by atoms with Gasteiger partial charge < -0.3 is 5.32 Å². The maximum Gasteiger partial charge on any atom is 0.271 e. The number of nitrogens with one attached hydrogen (secondary N) is 1. The fourth-order valence-corrected chi connectivity index (χ4v) is 3.61. The molecule has 21 heavy (non-hydrogen) atoms. The molecule has 1 aromatic carbocycles. The van der Waals surface area contributed by atoms with Gasteiger partial charge in [-0.05, 0) is 30.7 Å². The van der Waals surface area contributed by atoms with Crippen LogP contribution in [0.15, 0.2) is 22.7 Å². The molecule has 0 saturated heterocycles. The van der Waals surface area contributed by atoms with Crippen LogP contribution < -0.4 is 5.32 Å². The lowest BCUT2D eigenvalue weighted by atomic mass is 9.98. The van der Waals surface area contributed by atoms with Gasteiger partial charge >= 0.3 is 0 Å². The maximum atomic E-state index is 12.1. The van der Waals surface area contributed by atoms with Crippen molar-refractivity contribution in [3.8, 4) is 0 Å². The number of carbonyl (C=O) groups excluding carboxylic acids is 1. The molecule has 1 amide bonds. The third-order valence-electron chi connectivity index (χ3n) is 3.90. The zero-order chi connectivity index (χ0) is 15.4. The van der Waals surface area contributed by atoms with Crippen LogP contribution in [0.1, 0.15) is 29.6 Å². The molecule has 1 aliphatic rings. The molecule has 1 fully saturated rings. The highest BCUT2D eigenvalue weighted by atomic mass is 79.9. The van der Waals surface area contributed by atoms with Gasteiger partial charge in [0, 0.05) is 34.6 Å². The first-order chi connectivity index (χ1) is 10.0. The summed E-state index contributed by atoms with van der Waals surface area (Å²) in [6, 6.07) is 4.24. The highest BCUT2D eigenvalue weighted by molar-refractivity contribution is 9.10. The van der Waals surface area contributed by atoms with E-state index in [1.54, 1.807) is 6.07 Å². The van der Waals surface area contributed by atoms with Crippen LogP contribution in [0.2, 0.25) is 0 Å². The molecule has 1 saturated carbocycles. The average molecular weight is 376 g/mol. The van der Waals surface area contributed by atoms with Gasteiger partial charge in [0.05, 0.1) is 4.92 Å². The molecule has 2 atom stereocenters. The fraction of sp³-hybridized carbons (Fsp3) is 0.500. The lowest BCUT2D eigenvalue weighted by Crippen LogP contribution is -2.31. The predicted octanol–water partition coefficient (Wildman–Crippen LogP) is 3.74. The number of non-ortho nitro benzene ring substituents is 1. The second kappa shape index (κ2) is 7.22. The highest BCUT2D eigenvalue weighted by Crippen LogP contribution is 2.32. The van der Waals surface area contributed by atoms with Gasteiger partial charge in [0.15, 0.2) is 0 Å². The zero-order valence-electron chi connectivity index (χ0n) is 11.4. The average Bonchev–Trinajstić information content (AvgIpc) is 2.91. The van der Waals surface area contributed by atoms with Gasteiger partial charge in [-0.3, -0.25) is 14.9 Å². The molecule has 0 aliphatic heterocycles. The first-order valence-electron chi connectivity index (χ1n) is 6.80. The number of nitro groups is 1. The SMILES string of the molecule is O=C(NCC1CCCC1CCl)c1cc(Br)cc([N+](=O)[O-])c1. The molecule has 5 nitrogen and oxygen atoms in total. The van der Waals surface area contributed by atoms with Gasteiger partial charge in [-0.1, -0.05) is 22.4 Å². The summed E-state index contributed by atoms with van der Waals surface area (Å²) in [4.78, 5) is 22.4. The van der Waals surface area contributed by atoms with Crippen molar-refractivity contribution in [2.24, 2.45) is 11.8 Å². The molecule has 0 radical (unpaired) electrons. The van der Waals surface area contributed by atoms with Crippen LogP contribution in [0, 0.1) is 22.0 Å². The topological polar surface area (TPSA) is 72.2 Å².